The van der Waals surface area contributed by atoms with Crippen LogP contribution in [0.25, 0.3) is 0 Å². The van der Waals surface area contributed by atoms with Gasteiger partial charge < -0.3 is 15.4 Å². The predicted molar refractivity (Wildman–Crippen MR) is 94.6 cm³/mol. The molecular formula is C19H22N4O2. The summed E-state index contributed by atoms with van der Waals surface area (Å²) >= 11 is 0. The molecule has 0 spiro atoms. The molecular weight excluding hydrogens is 316 g/mol. The number of hydrogen-bond donors (Lipinski definition) is 2. The van der Waals surface area contributed by atoms with Crippen LogP contribution in [0.3, 0.4) is 0 Å². The van der Waals surface area contributed by atoms with Gasteiger partial charge in [-0.1, -0.05) is 12.1 Å². The van der Waals surface area contributed by atoms with E-state index in [2.05, 4.69) is 20.6 Å². The van der Waals surface area contributed by atoms with E-state index in [1.807, 2.05) is 24.3 Å². The second-order valence-corrected chi connectivity index (χ2v) is 6.79. The lowest BCUT2D eigenvalue weighted by molar-refractivity contribution is 0.247. The summed E-state index contributed by atoms with van der Waals surface area (Å²) in [7, 11) is 1.65. The number of rotatable bonds is 6. The first-order valence-electron chi connectivity index (χ1n) is 8.76. The highest BCUT2D eigenvalue weighted by Gasteiger charge is 2.33. The van der Waals surface area contributed by atoms with Crippen molar-refractivity contribution >= 4 is 11.7 Å². The number of anilines is 1. The Bertz CT molecular complexity index is 737. The summed E-state index contributed by atoms with van der Waals surface area (Å²) in [6, 6.07) is 7.66. The van der Waals surface area contributed by atoms with Gasteiger partial charge in [0.05, 0.1) is 31.2 Å². The highest BCUT2D eigenvalue weighted by molar-refractivity contribution is 5.89. The van der Waals surface area contributed by atoms with Gasteiger partial charge in [0, 0.05) is 5.92 Å². The molecule has 0 radical (unpaired) electrons. The Morgan fingerprint density at radius 3 is 2.36 bits per heavy atom. The van der Waals surface area contributed by atoms with Gasteiger partial charge in [0.15, 0.2) is 0 Å². The average molecular weight is 338 g/mol. The van der Waals surface area contributed by atoms with Crippen molar-refractivity contribution in [1.29, 1.82) is 0 Å². The molecule has 6 nitrogen and oxygen atoms in total. The van der Waals surface area contributed by atoms with E-state index >= 15 is 0 Å². The van der Waals surface area contributed by atoms with Gasteiger partial charge >= 0.3 is 6.03 Å². The van der Waals surface area contributed by atoms with E-state index in [-0.39, 0.29) is 12.1 Å². The quantitative estimate of drug-likeness (QED) is 0.843. The Hall–Kier alpha value is -2.63. The number of ether oxygens (including phenoxy) is 1. The largest absolute Gasteiger partial charge is 0.497 e. The van der Waals surface area contributed by atoms with Crippen LogP contribution >= 0.6 is 0 Å². The molecule has 6 heteroatoms. The standard InChI is InChI=1S/C19H22N4O2/c1-25-16-8-6-13(7-9-16)17(12-2-3-12)23-19(24)22-15-10-20-18(21-11-15)14-4-5-14/h6-12,14,17H,2-5H2,1H3,(H2,22,23,24). The molecule has 2 aliphatic carbocycles. The highest BCUT2D eigenvalue weighted by Crippen LogP contribution is 2.41. The lowest BCUT2D eigenvalue weighted by Gasteiger charge is -2.19. The van der Waals surface area contributed by atoms with Crippen LogP contribution in [0.2, 0.25) is 0 Å². The van der Waals surface area contributed by atoms with Gasteiger partial charge in [0.1, 0.15) is 11.6 Å². The summed E-state index contributed by atoms with van der Waals surface area (Å²) in [5, 5.41) is 5.92. The van der Waals surface area contributed by atoms with Gasteiger partial charge in [0.2, 0.25) is 0 Å². The lowest BCUT2D eigenvalue weighted by Crippen LogP contribution is -2.33. The molecule has 4 rings (SSSR count). The molecule has 2 aromatic rings. The van der Waals surface area contributed by atoms with Crippen molar-refractivity contribution in [1.82, 2.24) is 15.3 Å². The third-order valence-corrected chi connectivity index (χ3v) is 4.73. The number of benzene rings is 1. The van der Waals surface area contributed by atoms with Gasteiger partial charge in [-0.3, -0.25) is 0 Å². The average Bonchev–Trinajstić information content (AvgIpc) is 3.53. The normalized spacial score (nSPS) is 17.6. The number of carbonyl (C=O) groups excluding carboxylic acids is 1. The number of nitrogens with one attached hydrogen (secondary N) is 2. The fraction of sp³-hybridized carbons (Fsp3) is 0.421. The molecule has 2 aliphatic rings. The molecule has 25 heavy (non-hydrogen) atoms. The molecule has 0 aliphatic heterocycles. The summed E-state index contributed by atoms with van der Waals surface area (Å²) < 4.78 is 5.20. The van der Waals surface area contributed by atoms with Crippen LogP contribution in [-0.2, 0) is 0 Å². The Labute approximate surface area is 147 Å². The molecule has 1 unspecified atom stereocenters. The van der Waals surface area contributed by atoms with Crippen molar-refractivity contribution in [3.05, 3.63) is 48.0 Å². The first-order chi connectivity index (χ1) is 12.2. The van der Waals surface area contributed by atoms with Crippen molar-refractivity contribution in [2.45, 2.75) is 37.6 Å². The Morgan fingerprint density at radius 2 is 1.80 bits per heavy atom. The zero-order chi connectivity index (χ0) is 17.2. The summed E-state index contributed by atoms with van der Waals surface area (Å²) in [4.78, 5) is 21.0. The van der Waals surface area contributed by atoms with E-state index in [1.54, 1.807) is 19.5 Å². The third-order valence-electron chi connectivity index (χ3n) is 4.73. The zero-order valence-corrected chi connectivity index (χ0v) is 14.2. The third kappa shape index (κ3) is 3.90. The van der Waals surface area contributed by atoms with Crippen molar-refractivity contribution in [3.63, 3.8) is 0 Å². The molecule has 2 saturated carbocycles. The maximum Gasteiger partial charge on any atom is 0.319 e. The lowest BCUT2D eigenvalue weighted by atomic mass is 10.0. The molecule has 1 aromatic carbocycles. The van der Waals surface area contributed by atoms with Gasteiger partial charge in [-0.15, -0.1) is 0 Å². The SMILES string of the molecule is COc1ccc(C(NC(=O)Nc2cnc(C3CC3)nc2)C2CC2)cc1. The predicted octanol–water partition coefficient (Wildman–Crippen LogP) is 3.64. The van der Waals surface area contributed by atoms with E-state index in [1.165, 1.54) is 0 Å². The van der Waals surface area contributed by atoms with Crippen molar-refractivity contribution < 1.29 is 9.53 Å². The Kier molecular flexibility index (Phi) is 4.26. The molecule has 130 valence electrons. The van der Waals surface area contributed by atoms with Gasteiger partial charge in [-0.05, 0) is 49.3 Å². The smallest absolute Gasteiger partial charge is 0.319 e. The molecule has 2 N–H and O–H groups in total. The summed E-state index contributed by atoms with van der Waals surface area (Å²) in [6.45, 7) is 0. The van der Waals surface area contributed by atoms with Crippen LogP contribution in [0.4, 0.5) is 10.5 Å². The van der Waals surface area contributed by atoms with Gasteiger partial charge in [-0.2, -0.15) is 0 Å². The second kappa shape index (κ2) is 6.70. The first-order valence-corrected chi connectivity index (χ1v) is 8.76. The molecule has 0 bridgehead atoms. The topological polar surface area (TPSA) is 76.1 Å². The van der Waals surface area contributed by atoms with Crippen LogP contribution < -0.4 is 15.4 Å². The maximum atomic E-state index is 12.4. The van der Waals surface area contributed by atoms with E-state index < -0.39 is 0 Å². The second-order valence-electron chi connectivity index (χ2n) is 6.79. The Balaban J connectivity index is 1.39. The molecule has 2 amide bonds. The molecule has 1 aromatic heterocycles. The number of hydrogen-bond acceptors (Lipinski definition) is 4. The number of aromatic nitrogens is 2. The summed E-state index contributed by atoms with van der Waals surface area (Å²) in [6.07, 6.45) is 7.96. The minimum absolute atomic E-state index is 0.0116. The van der Waals surface area contributed by atoms with Crippen molar-refractivity contribution in [2.75, 3.05) is 12.4 Å². The number of amides is 2. The van der Waals surface area contributed by atoms with Crippen LogP contribution in [0.15, 0.2) is 36.7 Å². The molecule has 0 saturated heterocycles. The van der Waals surface area contributed by atoms with Crippen molar-refractivity contribution in [2.24, 2.45) is 5.92 Å². The van der Waals surface area contributed by atoms with E-state index in [9.17, 15) is 4.79 Å². The zero-order valence-electron chi connectivity index (χ0n) is 14.2. The van der Waals surface area contributed by atoms with Gasteiger partial charge in [0.25, 0.3) is 0 Å². The Morgan fingerprint density at radius 1 is 1.12 bits per heavy atom. The minimum atomic E-state index is -0.226. The van der Waals surface area contributed by atoms with Crippen LogP contribution in [0.5, 0.6) is 5.75 Å². The number of methoxy groups -OCH3 is 1. The first kappa shape index (κ1) is 15.9. The van der Waals surface area contributed by atoms with Crippen LogP contribution in [-0.4, -0.2) is 23.1 Å². The number of nitrogens with zero attached hydrogens (tertiary/aromatic N) is 2. The fourth-order valence-electron chi connectivity index (χ4n) is 2.98. The molecule has 1 heterocycles. The summed E-state index contributed by atoms with van der Waals surface area (Å²) in [5.41, 5.74) is 1.71. The monoisotopic (exact) mass is 338 g/mol. The van der Waals surface area contributed by atoms with Crippen LogP contribution in [0, 0.1) is 5.92 Å². The van der Waals surface area contributed by atoms with E-state index in [4.69, 9.17) is 4.74 Å². The van der Waals surface area contributed by atoms with Gasteiger partial charge in [-0.25, -0.2) is 14.8 Å². The van der Waals surface area contributed by atoms with E-state index in [0.29, 0.717) is 17.5 Å². The minimum Gasteiger partial charge on any atom is -0.497 e. The number of carbonyl (C=O) groups is 1. The highest BCUT2D eigenvalue weighted by atomic mass is 16.5. The molecule has 1 atom stereocenters. The molecule has 2 fully saturated rings. The van der Waals surface area contributed by atoms with Crippen LogP contribution in [0.1, 0.15) is 49.0 Å². The summed E-state index contributed by atoms with van der Waals surface area (Å²) in [5.74, 6) is 2.69. The van der Waals surface area contributed by atoms with E-state index in [0.717, 1.165) is 42.8 Å². The number of urea groups is 1. The fourth-order valence-corrected chi connectivity index (χ4v) is 2.98. The van der Waals surface area contributed by atoms with Crippen molar-refractivity contribution in [3.8, 4) is 5.75 Å². The maximum absolute atomic E-state index is 12.4.